The lowest BCUT2D eigenvalue weighted by Crippen LogP contribution is -2.39. The summed E-state index contributed by atoms with van der Waals surface area (Å²) < 4.78 is 34.8. The van der Waals surface area contributed by atoms with E-state index in [9.17, 15) is 18.3 Å². The molecule has 10 heteroatoms. The van der Waals surface area contributed by atoms with Crippen molar-refractivity contribution in [3.63, 3.8) is 0 Å². The van der Waals surface area contributed by atoms with Gasteiger partial charge in [0.1, 0.15) is 11.5 Å². The number of para-hydroxylation sites is 1. The fourth-order valence-corrected chi connectivity index (χ4v) is 3.53. The SMILES string of the molecule is O=C(N[C@H](CO)Cc1ccccc1)OCc1ccccc1.O=S(=O)(O)c1cccc(Cl)c1O. The van der Waals surface area contributed by atoms with E-state index in [1.807, 2.05) is 60.7 Å². The molecule has 33 heavy (non-hydrogen) atoms. The lowest BCUT2D eigenvalue weighted by Gasteiger charge is -2.16. The van der Waals surface area contributed by atoms with Crippen LogP contribution < -0.4 is 5.32 Å². The summed E-state index contributed by atoms with van der Waals surface area (Å²) in [4.78, 5) is 11.1. The van der Waals surface area contributed by atoms with Gasteiger partial charge in [-0.15, -0.1) is 0 Å². The first kappa shape index (κ1) is 26.1. The summed E-state index contributed by atoms with van der Waals surface area (Å²) in [6.07, 6.45) is 0.0476. The number of aliphatic hydroxyl groups excluding tert-OH is 1. The first-order valence-electron chi connectivity index (χ1n) is 9.77. The van der Waals surface area contributed by atoms with E-state index in [1.54, 1.807) is 0 Å². The topological polar surface area (TPSA) is 133 Å². The monoisotopic (exact) mass is 493 g/mol. The van der Waals surface area contributed by atoms with E-state index in [0.29, 0.717) is 6.42 Å². The number of aromatic hydroxyl groups is 1. The molecule has 0 spiro atoms. The number of ether oxygens (including phenoxy) is 1. The lowest BCUT2D eigenvalue weighted by atomic mass is 10.1. The van der Waals surface area contributed by atoms with Crippen molar-refractivity contribution >= 4 is 27.8 Å². The van der Waals surface area contributed by atoms with Gasteiger partial charge in [-0.3, -0.25) is 4.55 Å². The normalized spacial score (nSPS) is 11.6. The van der Waals surface area contributed by atoms with Crippen molar-refractivity contribution in [3.8, 4) is 5.75 Å². The summed E-state index contributed by atoms with van der Waals surface area (Å²) in [5.41, 5.74) is 1.98. The minimum Gasteiger partial charge on any atom is -0.505 e. The molecule has 4 N–H and O–H groups in total. The predicted octanol–water partition coefficient (Wildman–Crippen LogP) is 3.81. The fraction of sp³-hybridized carbons (Fsp3) is 0.174. The number of rotatable bonds is 7. The Hall–Kier alpha value is -3.11. The van der Waals surface area contributed by atoms with Gasteiger partial charge in [-0.1, -0.05) is 78.3 Å². The minimum atomic E-state index is -4.39. The van der Waals surface area contributed by atoms with Crippen LogP contribution in [0.15, 0.2) is 83.8 Å². The first-order chi connectivity index (χ1) is 15.7. The van der Waals surface area contributed by atoms with Crippen LogP contribution in [0.25, 0.3) is 0 Å². The number of hydrogen-bond acceptors (Lipinski definition) is 6. The zero-order valence-corrected chi connectivity index (χ0v) is 19.0. The van der Waals surface area contributed by atoms with Gasteiger partial charge in [0.2, 0.25) is 0 Å². The van der Waals surface area contributed by atoms with Crippen molar-refractivity contribution in [3.05, 3.63) is 95.0 Å². The molecule has 176 valence electrons. The van der Waals surface area contributed by atoms with E-state index < -0.39 is 26.9 Å². The molecule has 0 radical (unpaired) electrons. The third kappa shape index (κ3) is 9.11. The summed E-state index contributed by atoms with van der Waals surface area (Å²) in [6.45, 7) is 0.0888. The van der Waals surface area contributed by atoms with Gasteiger partial charge in [-0.05, 0) is 29.7 Å². The number of phenolic OH excluding ortho intramolecular Hbond substituents is 1. The van der Waals surface area contributed by atoms with Gasteiger partial charge in [0, 0.05) is 0 Å². The van der Waals surface area contributed by atoms with Gasteiger partial charge < -0.3 is 20.3 Å². The second-order valence-electron chi connectivity index (χ2n) is 6.84. The highest BCUT2D eigenvalue weighted by atomic mass is 35.5. The number of amides is 1. The Morgan fingerprint density at radius 2 is 1.52 bits per heavy atom. The van der Waals surface area contributed by atoms with Crippen LogP contribution in [0.1, 0.15) is 11.1 Å². The average Bonchev–Trinajstić information content (AvgIpc) is 2.80. The number of carbonyl (C=O) groups excluding carboxylic acids is 1. The number of phenols is 1. The summed E-state index contributed by atoms with van der Waals surface area (Å²) >= 11 is 5.39. The molecule has 3 aromatic rings. The number of benzene rings is 3. The van der Waals surface area contributed by atoms with Crippen molar-refractivity contribution in [1.82, 2.24) is 5.32 Å². The van der Waals surface area contributed by atoms with Crippen molar-refractivity contribution in [2.24, 2.45) is 0 Å². The van der Waals surface area contributed by atoms with Crippen molar-refractivity contribution in [1.29, 1.82) is 0 Å². The number of halogens is 1. The summed E-state index contributed by atoms with van der Waals surface area (Å²) in [5, 5.41) is 21.0. The zero-order chi connectivity index (χ0) is 24.3. The van der Waals surface area contributed by atoms with E-state index in [2.05, 4.69) is 5.32 Å². The van der Waals surface area contributed by atoms with Gasteiger partial charge in [0.15, 0.2) is 5.75 Å². The average molecular weight is 494 g/mol. The van der Waals surface area contributed by atoms with Crippen molar-refractivity contribution in [2.75, 3.05) is 6.61 Å². The molecule has 1 atom stereocenters. The molecule has 0 saturated heterocycles. The van der Waals surface area contributed by atoms with E-state index in [-0.39, 0.29) is 24.3 Å². The standard InChI is InChI=1S/C17H19NO3.C6H5ClO4S/c19-12-16(11-14-7-3-1-4-8-14)18-17(20)21-13-15-9-5-2-6-10-15;7-4-2-1-3-5(6(4)8)12(9,10)11/h1-10,16,19H,11-13H2,(H,18,20);1-3,8H,(H,9,10,11)/t16-;/m0./s1. The van der Waals surface area contributed by atoms with Crippen LogP contribution in [0, 0.1) is 0 Å². The summed E-state index contributed by atoms with van der Waals surface area (Å²) in [6, 6.07) is 22.5. The van der Waals surface area contributed by atoms with Crippen molar-refractivity contribution in [2.45, 2.75) is 24.0 Å². The Labute approximate surface area is 197 Å². The lowest BCUT2D eigenvalue weighted by molar-refractivity contribution is 0.129. The third-order valence-electron chi connectivity index (χ3n) is 4.31. The third-order valence-corrected chi connectivity index (χ3v) is 5.50. The second kappa shape index (κ2) is 12.8. The first-order valence-corrected chi connectivity index (χ1v) is 11.6. The van der Waals surface area contributed by atoms with Crippen LogP contribution >= 0.6 is 11.6 Å². The van der Waals surface area contributed by atoms with Crippen LogP contribution in [0.4, 0.5) is 4.79 Å². The van der Waals surface area contributed by atoms with Crippen LogP contribution in [-0.2, 0) is 27.9 Å². The van der Waals surface area contributed by atoms with Gasteiger partial charge in [-0.25, -0.2) is 4.79 Å². The number of nitrogens with one attached hydrogen (secondary N) is 1. The molecule has 0 heterocycles. The molecule has 0 unspecified atom stereocenters. The maximum Gasteiger partial charge on any atom is 0.407 e. The quantitative estimate of drug-likeness (QED) is 0.368. The molecule has 0 aromatic heterocycles. The molecule has 3 rings (SSSR count). The van der Waals surface area contributed by atoms with Crippen LogP contribution in [0.3, 0.4) is 0 Å². The van der Waals surface area contributed by atoms with Gasteiger partial charge in [-0.2, -0.15) is 8.42 Å². The molecule has 0 aliphatic heterocycles. The highest BCUT2D eigenvalue weighted by molar-refractivity contribution is 7.86. The number of carbonyl (C=O) groups is 1. The number of hydrogen-bond donors (Lipinski definition) is 4. The number of alkyl carbamates (subject to hydrolysis) is 1. The Balaban J connectivity index is 0.000000273. The Morgan fingerprint density at radius 3 is 2.03 bits per heavy atom. The van der Waals surface area contributed by atoms with Crippen molar-refractivity contribution < 1.29 is 32.7 Å². The smallest absolute Gasteiger partial charge is 0.407 e. The molecule has 3 aromatic carbocycles. The van der Waals surface area contributed by atoms with Crippen LogP contribution in [-0.4, -0.2) is 41.9 Å². The van der Waals surface area contributed by atoms with E-state index in [1.165, 1.54) is 12.1 Å². The molecule has 8 nitrogen and oxygen atoms in total. The Bertz CT molecular complexity index is 1130. The second-order valence-corrected chi connectivity index (χ2v) is 8.63. The summed E-state index contributed by atoms with van der Waals surface area (Å²) in [7, 11) is -4.39. The maximum absolute atomic E-state index is 11.7. The molecule has 0 fully saturated rings. The van der Waals surface area contributed by atoms with E-state index in [0.717, 1.165) is 17.2 Å². The molecule has 1 amide bonds. The van der Waals surface area contributed by atoms with Gasteiger partial charge >= 0.3 is 6.09 Å². The summed E-state index contributed by atoms with van der Waals surface area (Å²) in [5.74, 6) is -0.637. The minimum absolute atomic E-state index is 0.120. The maximum atomic E-state index is 11.7. The van der Waals surface area contributed by atoms with Gasteiger partial charge in [0.05, 0.1) is 17.7 Å². The largest absolute Gasteiger partial charge is 0.505 e. The highest BCUT2D eigenvalue weighted by Crippen LogP contribution is 2.29. The molecule has 0 aliphatic rings. The zero-order valence-electron chi connectivity index (χ0n) is 17.5. The fourth-order valence-electron chi connectivity index (χ4n) is 2.69. The molecule has 0 saturated carbocycles. The molecule has 0 bridgehead atoms. The van der Waals surface area contributed by atoms with E-state index >= 15 is 0 Å². The predicted molar refractivity (Wildman–Crippen MR) is 124 cm³/mol. The molecule has 0 aliphatic carbocycles. The van der Waals surface area contributed by atoms with Gasteiger partial charge in [0.25, 0.3) is 10.1 Å². The van der Waals surface area contributed by atoms with E-state index in [4.69, 9.17) is 26.0 Å². The number of aliphatic hydroxyl groups is 1. The van der Waals surface area contributed by atoms with Crippen LogP contribution in [0.5, 0.6) is 5.75 Å². The van der Waals surface area contributed by atoms with Crippen LogP contribution in [0.2, 0.25) is 5.02 Å². The highest BCUT2D eigenvalue weighted by Gasteiger charge is 2.16. The molecular weight excluding hydrogens is 470 g/mol. The molecular formula is C23H24ClNO7S. The Morgan fingerprint density at radius 1 is 0.939 bits per heavy atom. The Kier molecular flexibility index (Phi) is 10.1.